The van der Waals surface area contributed by atoms with Crippen molar-refractivity contribution in [2.24, 2.45) is 0 Å². The van der Waals surface area contributed by atoms with Crippen LogP contribution in [0.1, 0.15) is 39.9 Å². The molecule has 2 N–H and O–H groups in total. The smallest absolute Gasteiger partial charge is 0.261 e. The second-order valence-electron chi connectivity index (χ2n) is 8.43. The molecule has 0 atom stereocenters. The van der Waals surface area contributed by atoms with Gasteiger partial charge < -0.3 is 5.32 Å². The molecule has 33 heavy (non-hydrogen) atoms. The van der Waals surface area contributed by atoms with Crippen LogP contribution in [0, 0.1) is 6.92 Å². The molecule has 0 spiro atoms. The SMILES string of the molecule is Cc1ccccc1NS(=O)(=O)c1ccc(C(=O)NCc2ccc(CN3CCCC3)cc2)cc1. The van der Waals surface area contributed by atoms with Gasteiger partial charge in [0.25, 0.3) is 15.9 Å². The summed E-state index contributed by atoms with van der Waals surface area (Å²) >= 11 is 0. The zero-order valence-electron chi connectivity index (χ0n) is 18.8. The maximum Gasteiger partial charge on any atom is 0.261 e. The average molecular weight is 464 g/mol. The highest BCUT2D eigenvalue weighted by atomic mass is 32.2. The molecule has 0 aromatic heterocycles. The first-order chi connectivity index (χ1) is 15.9. The van der Waals surface area contributed by atoms with E-state index in [0.717, 1.165) is 17.7 Å². The summed E-state index contributed by atoms with van der Waals surface area (Å²) in [4.78, 5) is 15.1. The fourth-order valence-electron chi connectivity index (χ4n) is 3.92. The van der Waals surface area contributed by atoms with Gasteiger partial charge in [-0.3, -0.25) is 14.4 Å². The third-order valence-corrected chi connectivity index (χ3v) is 7.28. The minimum atomic E-state index is -3.73. The van der Waals surface area contributed by atoms with Gasteiger partial charge in [0.1, 0.15) is 0 Å². The highest BCUT2D eigenvalue weighted by Crippen LogP contribution is 2.20. The number of likely N-dealkylation sites (tertiary alicyclic amines) is 1. The summed E-state index contributed by atoms with van der Waals surface area (Å²) in [6, 6.07) is 21.4. The first-order valence-electron chi connectivity index (χ1n) is 11.2. The molecule has 0 unspecified atom stereocenters. The maximum absolute atomic E-state index is 12.7. The van der Waals surface area contributed by atoms with Crippen LogP contribution in [-0.4, -0.2) is 32.3 Å². The predicted octanol–water partition coefficient (Wildman–Crippen LogP) is 4.32. The lowest BCUT2D eigenvalue weighted by molar-refractivity contribution is 0.0951. The molecule has 7 heteroatoms. The number of para-hydroxylation sites is 1. The molecule has 6 nitrogen and oxygen atoms in total. The van der Waals surface area contributed by atoms with Crippen molar-refractivity contribution in [1.29, 1.82) is 0 Å². The molecule has 1 heterocycles. The van der Waals surface area contributed by atoms with Crippen LogP contribution in [-0.2, 0) is 23.1 Å². The monoisotopic (exact) mass is 463 g/mol. The Balaban J connectivity index is 1.33. The number of benzene rings is 3. The predicted molar refractivity (Wildman–Crippen MR) is 131 cm³/mol. The molecule has 3 aromatic carbocycles. The van der Waals surface area contributed by atoms with Gasteiger partial charge in [-0.25, -0.2) is 8.42 Å². The first kappa shape index (κ1) is 23.0. The maximum atomic E-state index is 12.7. The number of aryl methyl sites for hydroxylation is 1. The molecule has 0 radical (unpaired) electrons. The Labute approximate surface area is 195 Å². The number of hydrogen-bond acceptors (Lipinski definition) is 4. The fraction of sp³-hybridized carbons (Fsp3) is 0.269. The molecule has 1 saturated heterocycles. The second kappa shape index (κ2) is 10.2. The van der Waals surface area contributed by atoms with Crippen LogP contribution in [0.4, 0.5) is 5.69 Å². The third-order valence-electron chi connectivity index (χ3n) is 5.90. The Bertz CT molecular complexity index is 1200. The van der Waals surface area contributed by atoms with Crippen molar-refractivity contribution in [3.05, 3.63) is 95.1 Å². The number of amides is 1. The van der Waals surface area contributed by atoms with Gasteiger partial charge in [0.2, 0.25) is 0 Å². The normalized spacial score (nSPS) is 14.2. The van der Waals surface area contributed by atoms with Gasteiger partial charge in [-0.1, -0.05) is 42.5 Å². The molecular weight excluding hydrogens is 434 g/mol. The van der Waals surface area contributed by atoms with Crippen LogP contribution in [0.3, 0.4) is 0 Å². The van der Waals surface area contributed by atoms with Crippen LogP contribution in [0.5, 0.6) is 0 Å². The van der Waals surface area contributed by atoms with E-state index in [-0.39, 0.29) is 10.8 Å². The average Bonchev–Trinajstić information content (AvgIpc) is 3.33. The molecule has 3 aromatic rings. The number of nitrogens with one attached hydrogen (secondary N) is 2. The van der Waals surface area contributed by atoms with Gasteiger partial charge in [-0.15, -0.1) is 0 Å². The summed E-state index contributed by atoms with van der Waals surface area (Å²) in [6.07, 6.45) is 2.56. The van der Waals surface area contributed by atoms with E-state index < -0.39 is 10.0 Å². The Morgan fingerprint density at radius 1 is 0.879 bits per heavy atom. The highest BCUT2D eigenvalue weighted by Gasteiger charge is 2.16. The van der Waals surface area contributed by atoms with E-state index in [1.54, 1.807) is 12.1 Å². The number of anilines is 1. The summed E-state index contributed by atoms with van der Waals surface area (Å²) in [5.41, 5.74) is 4.08. The molecule has 4 rings (SSSR count). The fourth-order valence-corrected chi connectivity index (χ4v) is 5.05. The zero-order chi connectivity index (χ0) is 23.3. The summed E-state index contributed by atoms with van der Waals surface area (Å²) in [5.74, 6) is -0.244. The standard InChI is InChI=1S/C26H29N3O3S/c1-20-6-2-3-7-25(20)28-33(31,32)24-14-12-23(13-15-24)26(30)27-18-21-8-10-22(11-9-21)19-29-16-4-5-17-29/h2-3,6-15,28H,4-5,16-19H2,1H3,(H,27,30). The second-order valence-corrected chi connectivity index (χ2v) is 10.1. The van der Waals surface area contributed by atoms with E-state index in [1.165, 1.54) is 55.8 Å². The molecule has 1 aliphatic rings. The van der Waals surface area contributed by atoms with E-state index in [4.69, 9.17) is 0 Å². The Morgan fingerprint density at radius 3 is 2.18 bits per heavy atom. The zero-order valence-corrected chi connectivity index (χ0v) is 19.6. The van der Waals surface area contributed by atoms with Gasteiger partial charge in [0.15, 0.2) is 0 Å². The van der Waals surface area contributed by atoms with E-state index in [1.807, 2.05) is 31.2 Å². The summed E-state index contributed by atoms with van der Waals surface area (Å²) in [5, 5.41) is 2.90. The Kier molecular flexibility index (Phi) is 7.11. The van der Waals surface area contributed by atoms with Crippen LogP contribution < -0.4 is 10.0 Å². The van der Waals surface area contributed by atoms with Gasteiger partial charge in [-0.2, -0.15) is 0 Å². The van der Waals surface area contributed by atoms with Gasteiger partial charge in [0, 0.05) is 18.7 Å². The number of rotatable bonds is 8. The molecule has 172 valence electrons. The molecule has 0 saturated carbocycles. The molecular formula is C26H29N3O3S. The van der Waals surface area contributed by atoms with Crippen molar-refractivity contribution in [2.75, 3.05) is 17.8 Å². The molecule has 0 aliphatic carbocycles. The van der Waals surface area contributed by atoms with Crippen molar-refractivity contribution in [3.8, 4) is 0 Å². The van der Waals surface area contributed by atoms with Crippen LogP contribution in [0.2, 0.25) is 0 Å². The van der Waals surface area contributed by atoms with Crippen LogP contribution in [0.15, 0.2) is 77.7 Å². The topological polar surface area (TPSA) is 78.5 Å². The molecule has 1 fully saturated rings. The lowest BCUT2D eigenvalue weighted by Gasteiger charge is -2.14. The molecule has 0 bridgehead atoms. The van der Waals surface area contributed by atoms with Gasteiger partial charge in [-0.05, 0) is 79.9 Å². The number of hydrogen-bond donors (Lipinski definition) is 2. The number of carbonyl (C=O) groups excluding carboxylic acids is 1. The van der Waals surface area contributed by atoms with Crippen molar-refractivity contribution in [2.45, 2.75) is 37.8 Å². The van der Waals surface area contributed by atoms with E-state index in [9.17, 15) is 13.2 Å². The summed E-state index contributed by atoms with van der Waals surface area (Å²) in [7, 11) is -3.73. The van der Waals surface area contributed by atoms with Crippen LogP contribution >= 0.6 is 0 Å². The largest absolute Gasteiger partial charge is 0.348 e. The first-order valence-corrected chi connectivity index (χ1v) is 12.7. The van der Waals surface area contributed by atoms with Crippen molar-refractivity contribution in [1.82, 2.24) is 10.2 Å². The van der Waals surface area contributed by atoms with Gasteiger partial charge in [0.05, 0.1) is 10.6 Å². The lowest BCUT2D eigenvalue weighted by Crippen LogP contribution is -2.23. The van der Waals surface area contributed by atoms with Gasteiger partial charge >= 0.3 is 0 Å². The highest BCUT2D eigenvalue weighted by molar-refractivity contribution is 7.92. The van der Waals surface area contributed by atoms with E-state index in [2.05, 4.69) is 27.1 Å². The minimum absolute atomic E-state index is 0.107. The van der Waals surface area contributed by atoms with E-state index >= 15 is 0 Å². The molecule has 1 aliphatic heterocycles. The van der Waals surface area contributed by atoms with Crippen molar-refractivity contribution >= 4 is 21.6 Å². The van der Waals surface area contributed by atoms with Crippen molar-refractivity contribution in [3.63, 3.8) is 0 Å². The van der Waals surface area contributed by atoms with Crippen LogP contribution in [0.25, 0.3) is 0 Å². The Hall–Kier alpha value is -3.16. The lowest BCUT2D eigenvalue weighted by atomic mass is 10.1. The van der Waals surface area contributed by atoms with Crippen molar-refractivity contribution < 1.29 is 13.2 Å². The van der Waals surface area contributed by atoms with E-state index in [0.29, 0.717) is 17.8 Å². The number of sulfonamides is 1. The minimum Gasteiger partial charge on any atom is -0.348 e. The number of carbonyl (C=O) groups is 1. The molecule has 1 amide bonds. The summed E-state index contributed by atoms with van der Waals surface area (Å²) in [6.45, 7) is 5.56. The number of nitrogens with zero attached hydrogens (tertiary/aromatic N) is 1. The Morgan fingerprint density at radius 2 is 1.52 bits per heavy atom. The third kappa shape index (κ3) is 6.00. The quantitative estimate of drug-likeness (QED) is 0.521. The summed E-state index contributed by atoms with van der Waals surface area (Å²) < 4.78 is 27.9.